The number of fused-ring (bicyclic) bond motifs is 3. The van der Waals surface area contributed by atoms with Crippen molar-refractivity contribution in [2.24, 2.45) is 0 Å². The molecule has 4 rings (SSSR count). The third-order valence-corrected chi connectivity index (χ3v) is 5.44. The molecule has 0 aliphatic carbocycles. The lowest BCUT2D eigenvalue weighted by atomic mass is 9.99. The Kier molecular flexibility index (Phi) is 5.58. The maximum atomic E-state index is 12.4. The average Bonchev–Trinajstić information content (AvgIpc) is 2.76. The lowest BCUT2D eigenvalue weighted by Gasteiger charge is -2.39. The van der Waals surface area contributed by atoms with E-state index in [4.69, 9.17) is 30.2 Å². The number of hydrogen-bond acceptors (Lipinski definition) is 9. The van der Waals surface area contributed by atoms with Gasteiger partial charge in [0, 0.05) is 10.8 Å². The van der Waals surface area contributed by atoms with E-state index in [1.54, 1.807) is 24.3 Å². The SMILES string of the molecule is COc1ccc2c(=O)oc3c(Cl)c(O[C@@H]4O[C@H](CO)[C@@H](O)[C@H](O)[C@H]4O)ccc3c2c1. The number of halogens is 1. The highest BCUT2D eigenvalue weighted by Crippen LogP contribution is 2.37. The third kappa shape index (κ3) is 3.39. The molecule has 1 saturated heterocycles. The monoisotopic (exact) mass is 438 g/mol. The number of aliphatic hydroxyl groups excluding tert-OH is 4. The van der Waals surface area contributed by atoms with E-state index in [2.05, 4.69) is 0 Å². The second kappa shape index (κ2) is 8.03. The van der Waals surface area contributed by atoms with Crippen LogP contribution in [0.5, 0.6) is 11.5 Å². The summed E-state index contributed by atoms with van der Waals surface area (Å²) in [5.41, 5.74) is -0.545. The molecule has 10 heteroatoms. The molecule has 0 unspecified atom stereocenters. The molecule has 0 bridgehead atoms. The zero-order chi connectivity index (χ0) is 21.6. The first kappa shape index (κ1) is 20.9. The molecule has 1 aromatic heterocycles. The van der Waals surface area contributed by atoms with Crippen molar-refractivity contribution in [1.82, 2.24) is 0 Å². The van der Waals surface area contributed by atoms with E-state index in [1.165, 1.54) is 13.2 Å². The van der Waals surface area contributed by atoms with Crippen molar-refractivity contribution < 1.29 is 39.1 Å². The van der Waals surface area contributed by atoms with Gasteiger partial charge in [0.05, 0.1) is 19.1 Å². The van der Waals surface area contributed by atoms with Crippen LogP contribution in [-0.4, -0.2) is 64.8 Å². The molecule has 0 saturated carbocycles. The summed E-state index contributed by atoms with van der Waals surface area (Å²) < 4.78 is 21.5. The van der Waals surface area contributed by atoms with E-state index in [1.807, 2.05) is 0 Å². The van der Waals surface area contributed by atoms with E-state index in [9.17, 15) is 25.2 Å². The number of benzene rings is 2. The molecule has 160 valence electrons. The number of aliphatic hydroxyl groups is 4. The van der Waals surface area contributed by atoms with Crippen LogP contribution >= 0.6 is 11.6 Å². The van der Waals surface area contributed by atoms with Gasteiger partial charge in [0.15, 0.2) is 5.58 Å². The fourth-order valence-corrected chi connectivity index (χ4v) is 3.68. The van der Waals surface area contributed by atoms with Crippen molar-refractivity contribution in [1.29, 1.82) is 0 Å². The molecule has 2 aromatic carbocycles. The lowest BCUT2D eigenvalue weighted by Crippen LogP contribution is -2.60. The third-order valence-electron chi connectivity index (χ3n) is 5.08. The van der Waals surface area contributed by atoms with Gasteiger partial charge in [0.1, 0.15) is 40.9 Å². The van der Waals surface area contributed by atoms with Crippen molar-refractivity contribution in [3.8, 4) is 11.5 Å². The first-order valence-electron chi connectivity index (χ1n) is 9.06. The molecule has 1 aliphatic rings. The normalized spacial score (nSPS) is 26.8. The van der Waals surface area contributed by atoms with Crippen molar-refractivity contribution in [3.63, 3.8) is 0 Å². The summed E-state index contributed by atoms with van der Waals surface area (Å²) in [5, 5.41) is 40.7. The maximum absolute atomic E-state index is 12.4. The van der Waals surface area contributed by atoms with E-state index in [0.29, 0.717) is 21.9 Å². The van der Waals surface area contributed by atoms with Gasteiger partial charge in [0.25, 0.3) is 0 Å². The first-order chi connectivity index (χ1) is 14.3. The Morgan fingerprint density at radius 2 is 1.77 bits per heavy atom. The molecule has 9 nitrogen and oxygen atoms in total. The molecule has 0 radical (unpaired) electrons. The van der Waals surface area contributed by atoms with Crippen LogP contribution in [0.3, 0.4) is 0 Å². The van der Waals surface area contributed by atoms with E-state index in [-0.39, 0.29) is 16.4 Å². The average molecular weight is 439 g/mol. The second-order valence-corrected chi connectivity index (χ2v) is 7.25. The van der Waals surface area contributed by atoms with Gasteiger partial charge >= 0.3 is 5.63 Å². The van der Waals surface area contributed by atoms with Gasteiger partial charge in [-0.15, -0.1) is 0 Å². The topological polar surface area (TPSA) is 139 Å². The standard InChI is InChI=1S/C20H19ClO9/c1-27-8-2-3-10-11(6-8)9-4-5-12(14(21)18(9)30-19(10)26)28-20-17(25)16(24)15(23)13(7-22)29-20/h2-6,13,15-17,20,22-25H,7H2,1H3/t13-,15-,16+,17-,20-/m1/s1. The Bertz CT molecular complexity index is 1140. The fourth-order valence-electron chi connectivity index (χ4n) is 3.43. The Balaban J connectivity index is 1.77. The summed E-state index contributed by atoms with van der Waals surface area (Å²) in [6.07, 6.45) is -7.29. The van der Waals surface area contributed by atoms with Crippen LogP contribution in [0.2, 0.25) is 5.02 Å². The lowest BCUT2D eigenvalue weighted by molar-refractivity contribution is -0.277. The summed E-state index contributed by atoms with van der Waals surface area (Å²) in [5.74, 6) is 0.561. The summed E-state index contributed by atoms with van der Waals surface area (Å²) in [6.45, 7) is -0.598. The van der Waals surface area contributed by atoms with Crippen LogP contribution in [0, 0.1) is 0 Å². The second-order valence-electron chi connectivity index (χ2n) is 6.87. The van der Waals surface area contributed by atoms with Gasteiger partial charge in [-0.1, -0.05) is 11.6 Å². The molecule has 3 aromatic rings. The van der Waals surface area contributed by atoms with Crippen LogP contribution in [0.25, 0.3) is 21.7 Å². The summed E-state index contributed by atoms with van der Waals surface area (Å²) in [4.78, 5) is 12.4. The summed E-state index contributed by atoms with van der Waals surface area (Å²) >= 11 is 6.40. The highest BCUT2D eigenvalue weighted by molar-refractivity contribution is 6.37. The molecule has 0 spiro atoms. The Morgan fingerprint density at radius 3 is 2.47 bits per heavy atom. The molecule has 0 amide bonds. The van der Waals surface area contributed by atoms with Crippen molar-refractivity contribution in [2.45, 2.75) is 30.7 Å². The largest absolute Gasteiger partial charge is 0.497 e. The van der Waals surface area contributed by atoms with Gasteiger partial charge in [-0.3, -0.25) is 0 Å². The van der Waals surface area contributed by atoms with Gasteiger partial charge in [-0.25, -0.2) is 4.79 Å². The summed E-state index contributed by atoms with van der Waals surface area (Å²) in [7, 11) is 1.51. The highest BCUT2D eigenvalue weighted by Gasteiger charge is 2.45. The van der Waals surface area contributed by atoms with Crippen LogP contribution in [-0.2, 0) is 4.74 Å². The van der Waals surface area contributed by atoms with Gasteiger partial charge in [-0.05, 0) is 30.3 Å². The summed E-state index contributed by atoms with van der Waals surface area (Å²) in [6, 6.07) is 8.02. The van der Waals surface area contributed by atoms with E-state index in [0.717, 1.165) is 0 Å². The predicted molar refractivity (Wildman–Crippen MR) is 106 cm³/mol. The van der Waals surface area contributed by atoms with Crippen LogP contribution in [0.4, 0.5) is 0 Å². The van der Waals surface area contributed by atoms with Crippen molar-refractivity contribution in [2.75, 3.05) is 13.7 Å². The number of methoxy groups -OCH3 is 1. The Labute approximate surface area is 174 Å². The molecule has 4 N–H and O–H groups in total. The zero-order valence-electron chi connectivity index (χ0n) is 15.7. The number of rotatable bonds is 4. The maximum Gasteiger partial charge on any atom is 0.344 e. The number of hydrogen-bond donors (Lipinski definition) is 4. The van der Waals surface area contributed by atoms with Crippen LogP contribution in [0.1, 0.15) is 0 Å². The molecule has 1 fully saturated rings. The quantitative estimate of drug-likeness (QED) is 0.344. The minimum atomic E-state index is -1.61. The van der Waals surface area contributed by atoms with E-state index < -0.39 is 42.9 Å². The van der Waals surface area contributed by atoms with Gasteiger partial charge in [0.2, 0.25) is 6.29 Å². The smallest absolute Gasteiger partial charge is 0.344 e. The molecular formula is C20H19ClO9. The Morgan fingerprint density at radius 1 is 1.03 bits per heavy atom. The van der Waals surface area contributed by atoms with Crippen LogP contribution < -0.4 is 15.1 Å². The van der Waals surface area contributed by atoms with Gasteiger partial charge in [-0.2, -0.15) is 0 Å². The van der Waals surface area contributed by atoms with Gasteiger partial charge < -0.3 is 39.1 Å². The zero-order valence-corrected chi connectivity index (χ0v) is 16.4. The Hall–Kier alpha value is -2.40. The van der Waals surface area contributed by atoms with Crippen molar-refractivity contribution >= 4 is 33.3 Å². The molecule has 1 aliphatic heterocycles. The molecule has 30 heavy (non-hydrogen) atoms. The van der Waals surface area contributed by atoms with Crippen molar-refractivity contribution in [3.05, 3.63) is 45.8 Å². The number of ether oxygens (including phenoxy) is 3. The van der Waals surface area contributed by atoms with E-state index >= 15 is 0 Å². The van der Waals surface area contributed by atoms with Crippen LogP contribution in [0.15, 0.2) is 39.5 Å². The highest BCUT2D eigenvalue weighted by atomic mass is 35.5. The minimum absolute atomic E-state index is 0.0129. The molecular weight excluding hydrogens is 420 g/mol. The predicted octanol–water partition coefficient (Wildman–Crippen LogP) is 0.787. The fraction of sp³-hybridized carbons (Fsp3) is 0.350. The molecule has 5 atom stereocenters. The first-order valence-corrected chi connectivity index (χ1v) is 9.43. The molecule has 2 heterocycles. The minimum Gasteiger partial charge on any atom is -0.497 e.